The maximum atomic E-state index is 13.2. The number of rotatable bonds is 3. The molecule has 0 aliphatic rings. The number of benzene rings is 1. The molecule has 1 atom stereocenters. The summed E-state index contributed by atoms with van der Waals surface area (Å²) < 4.78 is 61.9. The molecule has 6 heteroatoms. The zero-order valence-corrected chi connectivity index (χ0v) is 8.56. The quantitative estimate of drug-likeness (QED) is 0.567. The summed E-state index contributed by atoms with van der Waals surface area (Å²) in [5, 5.41) is 0. The first-order valence-electron chi connectivity index (χ1n) is 4.69. The largest absolute Gasteiger partial charge is 0.396 e. The van der Waals surface area contributed by atoms with Crippen LogP contribution in [0.1, 0.15) is 12.0 Å². The topological polar surface area (TPSA) is 4.36 Å². The lowest BCUT2D eigenvalue weighted by Crippen LogP contribution is -2.19. The van der Waals surface area contributed by atoms with Gasteiger partial charge in [-0.3, -0.25) is 0 Å². The van der Waals surface area contributed by atoms with Crippen LogP contribution >= 0.6 is 0 Å². The van der Waals surface area contributed by atoms with E-state index in [0.717, 1.165) is 12.1 Å². The van der Waals surface area contributed by atoms with E-state index in [4.69, 9.17) is 6.57 Å². The predicted octanol–water partition coefficient (Wildman–Crippen LogP) is 3.75. The molecule has 17 heavy (non-hydrogen) atoms. The highest BCUT2D eigenvalue weighted by Crippen LogP contribution is 2.25. The lowest BCUT2D eigenvalue weighted by Gasteiger charge is -2.09. The highest BCUT2D eigenvalue weighted by Gasteiger charge is 2.35. The summed E-state index contributed by atoms with van der Waals surface area (Å²) in [5.41, 5.74) is -0.0864. The molecule has 0 heterocycles. The summed E-state index contributed by atoms with van der Waals surface area (Å²) in [4.78, 5) is 2.80. The average Bonchev–Trinajstić information content (AvgIpc) is 2.19. The van der Waals surface area contributed by atoms with Gasteiger partial charge in [-0.05, 0) is 11.6 Å². The average molecular weight is 249 g/mol. The van der Waals surface area contributed by atoms with E-state index in [1.54, 1.807) is 0 Å². The van der Waals surface area contributed by atoms with E-state index in [0.29, 0.717) is 6.07 Å². The Morgan fingerprint density at radius 2 is 1.88 bits per heavy atom. The van der Waals surface area contributed by atoms with Crippen molar-refractivity contribution in [1.29, 1.82) is 0 Å². The molecule has 0 saturated heterocycles. The van der Waals surface area contributed by atoms with Gasteiger partial charge < -0.3 is 4.85 Å². The van der Waals surface area contributed by atoms with Crippen molar-refractivity contribution in [2.45, 2.75) is 25.1 Å². The molecule has 1 aromatic rings. The minimum Gasteiger partial charge on any atom is -0.313 e. The fraction of sp³-hybridized carbons (Fsp3) is 0.364. The predicted molar refractivity (Wildman–Crippen MR) is 51.1 cm³/mol. The minimum absolute atomic E-state index is 0.0864. The van der Waals surface area contributed by atoms with Gasteiger partial charge in [-0.1, -0.05) is 6.07 Å². The van der Waals surface area contributed by atoms with Crippen LogP contribution in [0.25, 0.3) is 4.85 Å². The van der Waals surface area contributed by atoms with Crippen LogP contribution in [0.15, 0.2) is 18.2 Å². The Bertz CT molecular complexity index is 432. The minimum atomic E-state index is -4.47. The van der Waals surface area contributed by atoms with Crippen LogP contribution in [0.3, 0.4) is 0 Å². The molecule has 92 valence electrons. The molecule has 0 bridgehead atoms. The van der Waals surface area contributed by atoms with Gasteiger partial charge in [0.2, 0.25) is 6.04 Å². The number of alkyl halides is 3. The second kappa shape index (κ2) is 5.13. The van der Waals surface area contributed by atoms with Crippen molar-refractivity contribution in [1.82, 2.24) is 0 Å². The number of halogens is 5. The summed E-state index contributed by atoms with van der Waals surface area (Å²) >= 11 is 0. The molecule has 1 unspecified atom stereocenters. The number of hydrogen-bond acceptors (Lipinski definition) is 0. The van der Waals surface area contributed by atoms with Gasteiger partial charge in [0, 0.05) is 6.07 Å². The first-order chi connectivity index (χ1) is 7.81. The van der Waals surface area contributed by atoms with Crippen molar-refractivity contribution >= 4 is 0 Å². The summed E-state index contributed by atoms with van der Waals surface area (Å²) in [5.74, 6) is -1.73. The van der Waals surface area contributed by atoms with E-state index in [2.05, 4.69) is 4.85 Å². The summed E-state index contributed by atoms with van der Waals surface area (Å²) in [6.45, 7) is 6.63. The van der Waals surface area contributed by atoms with E-state index < -0.39 is 30.3 Å². The molecule has 0 aliphatic heterocycles. The number of hydrogen-bond donors (Lipinski definition) is 0. The van der Waals surface area contributed by atoms with E-state index in [1.807, 2.05) is 0 Å². The molecule has 1 rings (SSSR count). The zero-order chi connectivity index (χ0) is 13.1. The molecule has 1 aromatic carbocycles. The smallest absolute Gasteiger partial charge is 0.313 e. The van der Waals surface area contributed by atoms with Crippen molar-refractivity contribution in [2.75, 3.05) is 0 Å². The van der Waals surface area contributed by atoms with E-state index in [1.165, 1.54) is 0 Å². The number of nitrogens with zero attached hydrogens (tertiary/aromatic N) is 1. The standard InChI is InChI=1S/C11H8F5N/c1-17-9(6-11(14,15)16)4-7-2-3-8(12)5-10(7)13/h2-3,5,9H,4,6H2. The Balaban J connectivity index is 2.78. The van der Waals surface area contributed by atoms with Gasteiger partial charge in [-0.2, -0.15) is 13.2 Å². The second-order valence-corrected chi connectivity index (χ2v) is 3.54. The normalized spacial score (nSPS) is 13.2. The van der Waals surface area contributed by atoms with Crippen molar-refractivity contribution in [3.8, 4) is 0 Å². The summed E-state index contributed by atoms with van der Waals surface area (Å²) in [6, 6.07) is 1.21. The molecule has 1 nitrogen and oxygen atoms in total. The molecule has 0 amide bonds. The van der Waals surface area contributed by atoms with Gasteiger partial charge >= 0.3 is 6.18 Å². The molecule has 0 aromatic heterocycles. The molecule has 0 spiro atoms. The molecule has 0 N–H and O–H groups in total. The summed E-state index contributed by atoms with van der Waals surface area (Å²) in [6.07, 6.45) is -6.14. The molecular formula is C11H8F5N. The monoisotopic (exact) mass is 249 g/mol. The van der Waals surface area contributed by atoms with Crippen LogP contribution in [-0.4, -0.2) is 12.2 Å². The molecule has 0 aliphatic carbocycles. The van der Waals surface area contributed by atoms with Crippen molar-refractivity contribution in [3.63, 3.8) is 0 Å². The Morgan fingerprint density at radius 3 is 2.35 bits per heavy atom. The van der Waals surface area contributed by atoms with Crippen LogP contribution in [0.5, 0.6) is 0 Å². The lowest BCUT2D eigenvalue weighted by atomic mass is 10.0. The van der Waals surface area contributed by atoms with Crippen LogP contribution in [0.2, 0.25) is 0 Å². The maximum Gasteiger partial charge on any atom is 0.396 e. The van der Waals surface area contributed by atoms with Gasteiger partial charge in [0.15, 0.2) is 0 Å². The Hall–Kier alpha value is -1.64. The van der Waals surface area contributed by atoms with Crippen LogP contribution in [0.4, 0.5) is 22.0 Å². The highest BCUT2D eigenvalue weighted by molar-refractivity contribution is 5.20. The highest BCUT2D eigenvalue weighted by atomic mass is 19.4. The fourth-order valence-electron chi connectivity index (χ4n) is 1.37. The zero-order valence-electron chi connectivity index (χ0n) is 8.56. The van der Waals surface area contributed by atoms with Gasteiger partial charge in [0.25, 0.3) is 0 Å². The molecule has 0 saturated carbocycles. The second-order valence-electron chi connectivity index (χ2n) is 3.54. The van der Waals surface area contributed by atoms with Crippen molar-refractivity contribution < 1.29 is 22.0 Å². The third-order valence-electron chi connectivity index (χ3n) is 2.12. The molecular weight excluding hydrogens is 241 g/mol. The van der Waals surface area contributed by atoms with Crippen LogP contribution in [0, 0.1) is 18.2 Å². The van der Waals surface area contributed by atoms with Crippen molar-refractivity contribution in [3.05, 3.63) is 46.8 Å². The van der Waals surface area contributed by atoms with E-state index >= 15 is 0 Å². The third-order valence-corrected chi connectivity index (χ3v) is 2.12. The maximum absolute atomic E-state index is 13.2. The van der Waals surface area contributed by atoms with E-state index in [9.17, 15) is 22.0 Å². The van der Waals surface area contributed by atoms with Gasteiger partial charge in [-0.15, -0.1) is 0 Å². The molecule has 0 fully saturated rings. The van der Waals surface area contributed by atoms with Crippen molar-refractivity contribution in [2.24, 2.45) is 0 Å². The van der Waals surface area contributed by atoms with Gasteiger partial charge in [0.1, 0.15) is 18.1 Å². The van der Waals surface area contributed by atoms with Crippen LogP contribution in [-0.2, 0) is 6.42 Å². The van der Waals surface area contributed by atoms with Gasteiger partial charge in [-0.25, -0.2) is 15.4 Å². The van der Waals surface area contributed by atoms with E-state index in [-0.39, 0.29) is 12.0 Å². The van der Waals surface area contributed by atoms with Gasteiger partial charge in [0.05, 0.1) is 6.42 Å². The fourth-order valence-corrected chi connectivity index (χ4v) is 1.37. The third kappa shape index (κ3) is 4.39. The first kappa shape index (κ1) is 13.4. The molecule has 0 radical (unpaired) electrons. The SMILES string of the molecule is [C-]#[N+]C(Cc1ccc(F)cc1F)CC(F)(F)F. The lowest BCUT2D eigenvalue weighted by molar-refractivity contribution is -0.136. The van der Waals surface area contributed by atoms with Crippen LogP contribution < -0.4 is 0 Å². The first-order valence-corrected chi connectivity index (χ1v) is 4.69. The Labute approximate surface area is 94.7 Å². The Kier molecular flexibility index (Phi) is 4.05. The Morgan fingerprint density at radius 1 is 1.24 bits per heavy atom. The summed E-state index contributed by atoms with van der Waals surface area (Å²) in [7, 11) is 0.